The highest BCUT2D eigenvalue weighted by Crippen LogP contribution is 2.30. The van der Waals surface area contributed by atoms with Crippen LogP contribution in [0.2, 0.25) is 0 Å². The molecule has 7 heteroatoms. The molecule has 5 aromatic rings. The molecule has 34 heavy (non-hydrogen) atoms. The molecular formula is C27H27N7. The van der Waals surface area contributed by atoms with Gasteiger partial charge in [0.05, 0.1) is 11.2 Å². The molecule has 3 heterocycles. The molecule has 0 saturated carbocycles. The van der Waals surface area contributed by atoms with Crippen LogP contribution >= 0.6 is 0 Å². The Balaban J connectivity index is 1.35. The Kier molecular flexibility index (Phi) is 6.52. The summed E-state index contributed by atoms with van der Waals surface area (Å²) in [5, 5.41) is 17.9. The number of hydrogen-bond acceptors (Lipinski definition) is 6. The minimum Gasteiger partial charge on any atom is -0.379 e. The maximum atomic E-state index is 4.82. The highest BCUT2D eigenvalue weighted by Gasteiger charge is 2.11. The first-order valence-corrected chi connectivity index (χ1v) is 11.7. The SMILES string of the molecule is CCCCCc1cc(NCc2ccc(-c3ccccc3-c3nnn[nH]3)cc2)c2ncccc2n1. The van der Waals surface area contributed by atoms with Gasteiger partial charge in [-0.1, -0.05) is 68.3 Å². The van der Waals surface area contributed by atoms with Crippen molar-refractivity contribution in [1.82, 2.24) is 30.6 Å². The lowest BCUT2D eigenvalue weighted by molar-refractivity contribution is 0.709. The Morgan fingerprint density at radius 3 is 2.56 bits per heavy atom. The fraction of sp³-hybridized carbons (Fsp3) is 0.222. The monoisotopic (exact) mass is 449 g/mol. The number of aromatic amines is 1. The zero-order chi connectivity index (χ0) is 23.2. The molecule has 0 radical (unpaired) electrons. The van der Waals surface area contributed by atoms with E-state index < -0.39 is 0 Å². The van der Waals surface area contributed by atoms with Gasteiger partial charge in [0, 0.05) is 24.0 Å². The van der Waals surface area contributed by atoms with Gasteiger partial charge in [0.25, 0.3) is 0 Å². The summed E-state index contributed by atoms with van der Waals surface area (Å²) < 4.78 is 0. The zero-order valence-corrected chi connectivity index (χ0v) is 19.2. The summed E-state index contributed by atoms with van der Waals surface area (Å²) in [7, 11) is 0. The number of rotatable bonds is 9. The van der Waals surface area contributed by atoms with Crippen LogP contribution in [-0.4, -0.2) is 30.6 Å². The number of tetrazole rings is 1. The van der Waals surface area contributed by atoms with Crippen molar-refractivity contribution in [1.29, 1.82) is 0 Å². The fourth-order valence-corrected chi connectivity index (χ4v) is 4.15. The molecule has 0 bridgehead atoms. The smallest absolute Gasteiger partial charge is 0.180 e. The van der Waals surface area contributed by atoms with E-state index in [-0.39, 0.29) is 0 Å². The van der Waals surface area contributed by atoms with Crippen molar-refractivity contribution < 1.29 is 0 Å². The van der Waals surface area contributed by atoms with E-state index in [1.54, 1.807) is 0 Å². The van der Waals surface area contributed by atoms with Gasteiger partial charge in [0.15, 0.2) is 5.82 Å². The molecule has 0 aliphatic heterocycles. The topological polar surface area (TPSA) is 92.3 Å². The third kappa shape index (κ3) is 4.78. The lowest BCUT2D eigenvalue weighted by Gasteiger charge is -2.12. The number of pyridine rings is 2. The number of benzene rings is 2. The van der Waals surface area contributed by atoms with Crippen molar-refractivity contribution in [2.45, 2.75) is 39.2 Å². The number of nitrogens with zero attached hydrogens (tertiary/aromatic N) is 5. The summed E-state index contributed by atoms with van der Waals surface area (Å²) in [5.41, 5.74) is 8.36. The molecule has 0 aliphatic carbocycles. The first kappa shape index (κ1) is 21.7. The summed E-state index contributed by atoms with van der Waals surface area (Å²) >= 11 is 0. The molecule has 170 valence electrons. The molecule has 0 atom stereocenters. The van der Waals surface area contributed by atoms with E-state index in [9.17, 15) is 0 Å². The summed E-state index contributed by atoms with van der Waals surface area (Å²) in [6, 6.07) is 22.8. The van der Waals surface area contributed by atoms with Crippen LogP contribution in [0.25, 0.3) is 33.5 Å². The first-order chi connectivity index (χ1) is 16.8. The van der Waals surface area contributed by atoms with Gasteiger partial charge in [-0.15, -0.1) is 5.10 Å². The van der Waals surface area contributed by atoms with Gasteiger partial charge in [-0.05, 0) is 58.2 Å². The van der Waals surface area contributed by atoms with Gasteiger partial charge in [-0.25, -0.2) is 5.10 Å². The molecule has 0 spiro atoms. The van der Waals surface area contributed by atoms with Gasteiger partial charge >= 0.3 is 0 Å². The third-order valence-corrected chi connectivity index (χ3v) is 5.93. The van der Waals surface area contributed by atoms with Gasteiger partial charge in [-0.2, -0.15) is 0 Å². The number of anilines is 1. The number of aryl methyl sites for hydroxylation is 1. The van der Waals surface area contributed by atoms with Crippen LogP contribution in [0.1, 0.15) is 37.4 Å². The number of hydrogen-bond donors (Lipinski definition) is 2. The molecule has 5 rings (SSSR count). The van der Waals surface area contributed by atoms with E-state index in [4.69, 9.17) is 4.98 Å². The van der Waals surface area contributed by atoms with Crippen molar-refractivity contribution in [3.8, 4) is 22.5 Å². The Morgan fingerprint density at radius 2 is 1.76 bits per heavy atom. The summed E-state index contributed by atoms with van der Waals surface area (Å²) in [4.78, 5) is 9.39. The quantitative estimate of drug-likeness (QED) is 0.275. The van der Waals surface area contributed by atoms with Crippen LogP contribution < -0.4 is 5.32 Å². The van der Waals surface area contributed by atoms with Crippen LogP contribution in [0.4, 0.5) is 5.69 Å². The van der Waals surface area contributed by atoms with Gasteiger partial charge < -0.3 is 5.32 Å². The maximum absolute atomic E-state index is 4.82. The molecule has 2 N–H and O–H groups in total. The Labute approximate surface area is 198 Å². The van der Waals surface area contributed by atoms with E-state index in [0.717, 1.165) is 51.9 Å². The normalized spacial score (nSPS) is 11.1. The van der Waals surface area contributed by atoms with Crippen molar-refractivity contribution in [2.75, 3.05) is 5.32 Å². The predicted octanol–water partition coefficient (Wildman–Crippen LogP) is 5.82. The Morgan fingerprint density at radius 1 is 0.912 bits per heavy atom. The molecule has 2 aromatic carbocycles. The third-order valence-electron chi connectivity index (χ3n) is 5.93. The number of aromatic nitrogens is 6. The second kappa shape index (κ2) is 10.2. The summed E-state index contributed by atoms with van der Waals surface area (Å²) in [6.45, 7) is 2.93. The van der Waals surface area contributed by atoms with E-state index in [1.807, 2.05) is 36.5 Å². The van der Waals surface area contributed by atoms with Gasteiger partial charge in [-0.3, -0.25) is 9.97 Å². The van der Waals surface area contributed by atoms with Crippen LogP contribution in [0.5, 0.6) is 0 Å². The molecule has 0 aliphatic rings. The van der Waals surface area contributed by atoms with Crippen LogP contribution in [0.15, 0.2) is 72.9 Å². The lowest BCUT2D eigenvalue weighted by atomic mass is 9.98. The standard InChI is InChI=1S/C27H27N7/c1-2-3-4-8-21-17-25(26-24(30-21)11-7-16-28-26)29-18-19-12-14-20(15-13-19)22-9-5-6-10-23(22)27-31-33-34-32-27/h5-7,9-17H,2-4,8,18H2,1H3,(H,29,30)(H,31,32,33,34). The maximum Gasteiger partial charge on any atom is 0.180 e. The zero-order valence-electron chi connectivity index (χ0n) is 19.2. The van der Waals surface area contributed by atoms with Crippen LogP contribution in [0.3, 0.4) is 0 Å². The lowest BCUT2D eigenvalue weighted by Crippen LogP contribution is -2.03. The van der Waals surface area contributed by atoms with Crippen molar-refractivity contribution in [3.05, 3.63) is 84.2 Å². The van der Waals surface area contributed by atoms with E-state index in [2.05, 4.69) is 74.2 Å². The molecule has 7 nitrogen and oxygen atoms in total. The first-order valence-electron chi connectivity index (χ1n) is 11.7. The molecule has 0 saturated heterocycles. The van der Waals surface area contributed by atoms with Crippen molar-refractivity contribution >= 4 is 16.7 Å². The average molecular weight is 450 g/mol. The number of H-pyrrole nitrogens is 1. The Bertz CT molecular complexity index is 1360. The fourth-order valence-electron chi connectivity index (χ4n) is 4.15. The van der Waals surface area contributed by atoms with E-state index in [0.29, 0.717) is 12.4 Å². The predicted molar refractivity (Wildman–Crippen MR) is 135 cm³/mol. The second-order valence-electron chi connectivity index (χ2n) is 8.34. The van der Waals surface area contributed by atoms with Crippen molar-refractivity contribution in [2.24, 2.45) is 0 Å². The highest BCUT2D eigenvalue weighted by molar-refractivity contribution is 5.87. The molecule has 3 aromatic heterocycles. The minimum absolute atomic E-state index is 0.660. The molecular weight excluding hydrogens is 422 g/mol. The van der Waals surface area contributed by atoms with Gasteiger partial charge in [0.1, 0.15) is 5.52 Å². The molecule has 0 amide bonds. The largest absolute Gasteiger partial charge is 0.379 e. The van der Waals surface area contributed by atoms with E-state index in [1.165, 1.54) is 18.4 Å². The summed E-state index contributed by atoms with van der Waals surface area (Å²) in [6.07, 6.45) is 6.39. The Hall–Kier alpha value is -4.13. The highest BCUT2D eigenvalue weighted by atomic mass is 15.5. The number of fused-ring (bicyclic) bond motifs is 1. The van der Waals surface area contributed by atoms with Crippen LogP contribution in [0, 0.1) is 0 Å². The summed E-state index contributed by atoms with van der Waals surface area (Å²) in [5.74, 6) is 0.660. The molecule has 0 unspecified atom stereocenters. The van der Waals surface area contributed by atoms with E-state index >= 15 is 0 Å². The van der Waals surface area contributed by atoms with Crippen molar-refractivity contribution in [3.63, 3.8) is 0 Å². The average Bonchev–Trinajstić information content (AvgIpc) is 3.43. The van der Waals surface area contributed by atoms with Crippen LogP contribution in [-0.2, 0) is 13.0 Å². The molecule has 0 fully saturated rings. The minimum atomic E-state index is 0.660. The number of nitrogens with one attached hydrogen (secondary N) is 2. The second-order valence-corrected chi connectivity index (χ2v) is 8.34. The number of unbranched alkanes of at least 4 members (excludes halogenated alkanes) is 2. The van der Waals surface area contributed by atoms with Gasteiger partial charge in [0.2, 0.25) is 0 Å².